The molecule has 1 aliphatic carbocycles. The molecule has 1 aliphatic rings. The van der Waals surface area contributed by atoms with E-state index in [0.717, 1.165) is 17.7 Å². The van der Waals surface area contributed by atoms with Gasteiger partial charge in [-0.1, -0.05) is 37.9 Å². The standard InChI is InChI=1S/C13H19ClN2/c1-3-10-7-8-11(9(10)2)15-13-6-4-5-12(14)16-13/h4-6,9-11H,3,7-8H2,1-2H3,(H,15,16). The van der Waals surface area contributed by atoms with Gasteiger partial charge in [-0.3, -0.25) is 0 Å². The zero-order chi connectivity index (χ0) is 11.5. The number of hydrogen-bond acceptors (Lipinski definition) is 2. The van der Waals surface area contributed by atoms with Crippen LogP contribution in [-0.2, 0) is 0 Å². The maximum Gasteiger partial charge on any atom is 0.131 e. The Morgan fingerprint density at radius 1 is 1.44 bits per heavy atom. The lowest BCUT2D eigenvalue weighted by Crippen LogP contribution is -2.25. The van der Waals surface area contributed by atoms with Crippen molar-refractivity contribution in [2.45, 2.75) is 39.2 Å². The van der Waals surface area contributed by atoms with Gasteiger partial charge in [0.15, 0.2) is 0 Å². The van der Waals surface area contributed by atoms with Crippen LogP contribution < -0.4 is 5.32 Å². The summed E-state index contributed by atoms with van der Waals surface area (Å²) in [6.45, 7) is 4.62. The average Bonchev–Trinajstić information content (AvgIpc) is 2.60. The molecule has 0 aromatic carbocycles. The van der Waals surface area contributed by atoms with Crippen LogP contribution in [0.15, 0.2) is 18.2 Å². The fourth-order valence-electron chi connectivity index (χ4n) is 2.71. The van der Waals surface area contributed by atoms with Crippen molar-refractivity contribution in [3.05, 3.63) is 23.4 Å². The van der Waals surface area contributed by atoms with Gasteiger partial charge in [-0.2, -0.15) is 0 Å². The molecule has 2 rings (SSSR count). The highest BCUT2D eigenvalue weighted by atomic mass is 35.5. The Balaban J connectivity index is 2.00. The first-order chi connectivity index (χ1) is 7.70. The van der Waals surface area contributed by atoms with Crippen molar-refractivity contribution in [3.8, 4) is 0 Å². The summed E-state index contributed by atoms with van der Waals surface area (Å²) in [5.41, 5.74) is 0. The number of aromatic nitrogens is 1. The number of pyridine rings is 1. The lowest BCUT2D eigenvalue weighted by atomic mass is 9.93. The van der Waals surface area contributed by atoms with E-state index in [2.05, 4.69) is 24.1 Å². The van der Waals surface area contributed by atoms with Gasteiger partial charge in [0.05, 0.1) is 0 Å². The van der Waals surface area contributed by atoms with Crippen LogP contribution in [-0.4, -0.2) is 11.0 Å². The number of hydrogen-bond donors (Lipinski definition) is 1. The van der Waals surface area contributed by atoms with Crippen molar-refractivity contribution in [2.75, 3.05) is 5.32 Å². The van der Waals surface area contributed by atoms with Gasteiger partial charge >= 0.3 is 0 Å². The summed E-state index contributed by atoms with van der Waals surface area (Å²) in [6, 6.07) is 6.28. The minimum Gasteiger partial charge on any atom is -0.367 e. The van der Waals surface area contributed by atoms with E-state index in [9.17, 15) is 0 Å². The first-order valence-electron chi connectivity index (χ1n) is 6.09. The van der Waals surface area contributed by atoms with Crippen LogP contribution in [0.4, 0.5) is 5.82 Å². The van der Waals surface area contributed by atoms with Crippen LogP contribution in [0, 0.1) is 11.8 Å². The Bertz CT molecular complexity index is 354. The SMILES string of the molecule is CCC1CCC(Nc2cccc(Cl)n2)C1C. The zero-order valence-corrected chi connectivity index (χ0v) is 10.7. The molecule has 0 saturated heterocycles. The molecule has 1 aromatic rings. The molecule has 0 spiro atoms. The number of rotatable bonds is 3. The van der Waals surface area contributed by atoms with Gasteiger partial charge in [-0.25, -0.2) is 4.98 Å². The fourth-order valence-corrected chi connectivity index (χ4v) is 2.87. The monoisotopic (exact) mass is 238 g/mol. The van der Waals surface area contributed by atoms with Gasteiger partial charge in [-0.05, 0) is 36.8 Å². The molecule has 0 radical (unpaired) electrons. The lowest BCUT2D eigenvalue weighted by molar-refractivity contribution is 0.391. The minimum atomic E-state index is 0.552. The van der Waals surface area contributed by atoms with Crippen molar-refractivity contribution in [2.24, 2.45) is 11.8 Å². The third kappa shape index (κ3) is 2.49. The van der Waals surface area contributed by atoms with E-state index in [1.807, 2.05) is 12.1 Å². The normalized spacial score (nSPS) is 29.3. The molecular formula is C13H19ClN2. The summed E-state index contributed by atoms with van der Waals surface area (Å²) in [6.07, 6.45) is 3.85. The van der Waals surface area contributed by atoms with Gasteiger partial charge < -0.3 is 5.32 Å². The van der Waals surface area contributed by atoms with Gasteiger partial charge in [-0.15, -0.1) is 0 Å². The molecule has 16 heavy (non-hydrogen) atoms. The Morgan fingerprint density at radius 3 is 2.88 bits per heavy atom. The largest absolute Gasteiger partial charge is 0.367 e. The second-order valence-electron chi connectivity index (χ2n) is 4.70. The molecule has 88 valence electrons. The Kier molecular flexibility index (Phi) is 3.70. The second-order valence-corrected chi connectivity index (χ2v) is 5.09. The van der Waals surface area contributed by atoms with Crippen LogP contribution >= 0.6 is 11.6 Å². The third-order valence-electron chi connectivity index (χ3n) is 3.80. The molecular weight excluding hydrogens is 220 g/mol. The zero-order valence-electron chi connectivity index (χ0n) is 9.91. The molecule has 1 fully saturated rings. The predicted octanol–water partition coefficient (Wildman–Crippen LogP) is 3.97. The average molecular weight is 239 g/mol. The minimum absolute atomic E-state index is 0.552. The number of anilines is 1. The summed E-state index contributed by atoms with van der Waals surface area (Å²) < 4.78 is 0. The van der Waals surface area contributed by atoms with Crippen LogP contribution in [0.1, 0.15) is 33.1 Å². The summed E-state index contributed by atoms with van der Waals surface area (Å²) in [5, 5.41) is 4.06. The Labute approximate surface area is 102 Å². The Morgan fingerprint density at radius 2 is 2.25 bits per heavy atom. The summed E-state index contributed by atoms with van der Waals surface area (Å²) in [7, 11) is 0. The maximum atomic E-state index is 5.87. The van der Waals surface area contributed by atoms with E-state index in [-0.39, 0.29) is 0 Å². The summed E-state index contributed by atoms with van der Waals surface area (Å²) >= 11 is 5.87. The van der Waals surface area contributed by atoms with Crippen LogP contribution in [0.5, 0.6) is 0 Å². The molecule has 1 heterocycles. The molecule has 0 amide bonds. The second kappa shape index (κ2) is 5.05. The van der Waals surface area contributed by atoms with Gasteiger partial charge in [0.25, 0.3) is 0 Å². The highest BCUT2D eigenvalue weighted by Crippen LogP contribution is 2.35. The quantitative estimate of drug-likeness (QED) is 0.806. The molecule has 3 heteroatoms. The van der Waals surface area contributed by atoms with E-state index in [4.69, 9.17) is 11.6 Å². The van der Waals surface area contributed by atoms with Gasteiger partial charge in [0.2, 0.25) is 0 Å². The van der Waals surface area contributed by atoms with Crippen LogP contribution in [0.25, 0.3) is 0 Å². The van der Waals surface area contributed by atoms with Crippen molar-refractivity contribution in [1.29, 1.82) is 0 Å². The molecule has 3 unspecified atom stereocenters. The summed E-state index contributed by atoms with van der Waals surface area (Å²) in [4.78, 5) is 4.28. The van der Waals surface area contributed by atoms with Crippen molar-refractivity contribution < 1.29 is 0 Å². The molecule has 1 saturated carbocycles. The fraction of sp³-hybridized carbons (Fsp3) is 0.615. The summed E-state index contributed by atoms with van der Waals surface area (Å²) in [5.74, 6) is 2.49. The Hall–Kier alpha value is -0.760. The highest BCUT2D eigenvalue weighted by Gasteiger charge is 2.31. The third-order valence-corrected chi connectivity index (χ3v) is 4.01. The molecule has 0 bridgehead atoms. The van der Waals surface area contributed by atoms with Gasteiger partial charge in [0, 0.05) is 6.04 Å². The number of nitrogens with zero attached hydrogens (tertiary/aromatic N) is 1. The number of nitrogens with one attached hydrogen (secondary N) is 1. The lowest BCUT2D eigenvalue weighted by Gasteiger charge is -2.21. The smallest absolute Gasteiger partial charge is 0.131 e. The van der Waals surface area contributed by atoms with E-state index < -0.39 is 0 Å². The topological polar surface area (TPSA) is 24.9 Å². The van der Waals surface area contributed by atoms with Crippen molar-refractivity contribution >= 4 is 17.4 Å². The molecule has 0 aliphatic heterocycles. The predicted molar refractivity (Wildman–Crippen MR) is 68.8 cm³/mol. The van der Waals surface area contributed by atoms with Crippen molar-refractivity contribution in [1.82, 2.24) is 4.98 Å². The maximum absolute atomic E-state index is 5.87. The molecule has 1 N–H and O–H groups in total. The van der Waals surface area contributed by atoms with E-state index >= 15 is 0 Å². The molecule has 2 nitrogen and oxygen atoms in total. The van der Waals surface area contributed by atoms with Crippen molar-refractivity contribution in [3.63, 3.8) is 0 Å². The number of halogens is 1. The highest BCUT2D eigenvalue weighted by molar-refractivity contribution is 6.29. The molecule has 1 aromatic heterocycles. The van der Waals surface area contributed by atoms with E-state index in [0.29, 0.717) is 11.2 Å². The molecule has 3 atom stereocenters. The first-order valence-corrected chi connectivity index (χ1v) is 6.47. The van der Waals surface area contributed by atoms with E-state index in [1.165, 1.54) is 19.3 Å². The van der Waals surface area contributed by atoms with Crippen LogP contribution in [0.3, 0.4) is 0 Å². The van der Waals surface area contributed by atoms with Gasteiger partial charge in [0.1, 0.15) is 11.0 Å². The van der Waals surface area contributed by atoms with Crippen LogP contribution in [0.2, 0.25) is 5.15 Å². The van der Waals surface area contributed by atoms with E-state index in [1.54, 1.807) is 6.07 Å². The first kappa shape index (κ1) is 11.7.